The molecule has 0 aliphatic carbocycles. The first kappa shape index (κ1) is 65.6. The number of aliphatic hydroxyl groups excluding tert-OH is 5. The van der Waals surface area contributed by atoms with Gasteiger partial charge in [-0.25, -0.2) is 0 Å². The molecule has 7 atom stereocenters. The highest BCUT2D eigenvalue weighted by atomic mass is 16.7. The molecule has 1 heterocycles. The number of aliphatic hydroxyl groups is 5. The number of carbonyl (C=O) groups excluding carboxylic acids is 1. The molecule has 0 radical (unpaired) electrons. The first-order chi connectivity index (χ1) is 34.3. The summed E-state index contributed by atoms with van der Waals surface area (Å²) in [6.45, 7) is 3.72. The summed E-state index contributed by atoms with van der Waals surface area (Å²) in [7, 11) is 0. The van der Waals surface area contributed by atoms with Gasteiger partial charge in [-0.2, -0.15) is 0 Å². The molecular formula is C61H109NO8. The molecule has 7 unspecified atom stereocenters. The van der Waals surface area contributed by atoms with Crippen molar-refractivity contribution < 1.29 is 39.8 Å². The summed E-state index contributed by atoms with van der Waals surface area (Å²) < 4.78 is 11.3. The zero-order valence-corrected chi connectivity index (χ0v) is 45.0. The molecular weight excluding hydrogens is 875 g/mol. The van der Waals surface area contributed by atoms with Gasteiger partial charge >= 0.3 is 0 Å². The average Bonchev–Trinajstić information content (AvgIpc) is 3.36. The Morgan fingerprint density at radius 2 is 0.886 bits per heavy atom. The number of nitrogens with one attached hydrogen (secondary N) is 1. The third-order valence-electron chi connectivity index (χ3n) is 13.6. The highest BCUT2D eigenvalue weighted by Crippen LogP contribution is 2.23. The summed E-state index contributed by atoms with van der Waals surface area (Å²) in [6.07, 6.45) is 62.3. The fourth-order valence-electron chi connectivity index (χ4n) is 8.99. The summed E-state index contributed by atoms with van der Waals surface area (Å²) >= 11 is 0. The van der Waals surface area contributed by atoms with E-state index in [4.69, 9.17) is 9.47 Å². The number of allylic oxidation sites excluding steroid dienone is 12. The predicted molar refractivity (Wildman–Crippen MR) is 295 cm³/mol. The average molecular weight is 985 g/mol. The Kier molecular flexibility index (Phi) is 47.1. The van der Waals surface area contributed by atoms with Crippen LogP contribution < -0.4 is 5.32 Å². The van der Waals surface area contributed by atoms with Gasteiger partial charge in [-0.1, -0.05) is 254 Å². The van der Waals surface area contributed by atoms with E-state index in [0.29, 0.717) is 12.8 Å². The Morgan fingerprint density at radius 3 is 1.31 bits per heavy atom. The molecule has 0 bridgehead atoms. The lowest BCUT2D eigenvalue weighted by molar-refractivity contribution is -0.302. The van der Waals surface area contributed by atoms with Crippen LogP contribution in [0.25, 0.3) is 0 Å². The van der Waals surface area contributed by atoms with Gasteiger partial charge in [0.25, 0.3) is 0 Å². The van der Waals surface area contributed by atoms with Crippen molar-refractivity contribution in [3.63, 3.8) is 0 Å². The van der Waals surface area contributed by atoms with Gasteiger partial charge in [0.05, 0.1) is 25.4 Å². The minimum atomic E-state index is -1.55. The molecule has 0 aromatic heterocycles. The second-order valence-electron chi connectivity index (χ2n) is 20.1. The molecule has 1 rings (SSSR count). The summed E-state index contributed by atoms with van der Waals surface area (Å²) in [4.78, 5) is 13.0. The van der Waals surface area contributed by atoms with Gasteiger partial charge in [-0.05, 0) is 64.2 Å². The van der Waals surface area contributed by atoms with Gasteiger partial charge in [0.1, 0.15) is 24.4 Å². The number of hydrogen-bond acceptors (Lipinski definition) is 8. The van der Waals surface area contributed by atoms with Gasteiger partial charge in [0.15, 0.2) is 6.29 Å². The highest BCUT2D eigenvalue weighted by molar-refractivity contribution is 5.76. The van der Waals surface area contributed by atoms with Crippen molar-refractivity contribution in [3.8, 4) is 0 Å². The lowest BCUT2D eigenvalue weighted by Crippen LogP contribution is -2.60. The molecule has 1 amide bonds. The summed E-state index contributed by atoms with van der Waals surface area (Å²) in [5, 5.41) is 54.5. The lowest BCUT2D eigenvalue weighted by atomic mass is 9.99. The fraction of sp³-hybridized carbons (Fsp3) is 0.787. The molecule has 70 heavy (non-hydrogen) atoms. The number of hydrogen-bond donors (Lipinski definition) is 6. The standard InChI is InChI=1S/C61H109NO8/c1-3-5-7-9-11-13-15-17-18-19-20-21-22-23-24-25-26-27-28-29-30-31-32-33-34-35-36-37-38-39-41-43-45-47-49-51-57(65)62-54(53-69-61-60(68)59(67)58(66)56(52-63)70-61)55(64)50-48-46-44-42-40-16-14-12-10-8-6-4-2/h5,7,11,13,17-18,20-21,23-24,26-27,54-56,58-61,63-64,66-68H,3-4,6,8-10,12,14-16,19,22,25,28-53H2,1-2H3,(H,62,65)/b7-5-,13-11-,18-17-,21-20-,24-23-,27-26-. The summed E-state index contributed by atoms with van der Waals surface area (Å²) in [5.41, 5.74) is 0. The van der Waals surface area contributed by atoms with E-state index in [2.05, 4.69) is 92.1 Å². The second-order valence-corrected chi connectivity index (χ2v) is 20.1. The van der Waals surface area contributed by atoms with Gasteiger partial charge < -0.3 is 40.3 Å². The Balaban J connectivity index is 2.10. The first-order valence-electron chi connectivity index (χ1n) is 29.1. The second kappa shape index (κ2) is 50.2. The predicted octanol–water partition coefficient (Wildman–Crippen LogP) is 14.5. The Morgan fingerprint density at radius 1 is 0.500 bits per heavy atom. The Labute approximate surface area is 429 Å². The molecule has 1 fully saturated rings. The molecule has 9 heteroatoms. The molecule has 0 spiro atoms. The van der Waals surface area contributed by atoms with E-state index in [9.17, 15) is 30.3 Å². The SMILES string of the molecule is CC/C=C\C/C=C\C/C=C\C/C=C\C/C=C\C/C=C\CCCCCCCCCCCCCCCCCCC(=O)NC(COC1OC(CO)C(O)C(O)C1O)C(O)CCCCCCCCCCCCCC. The Bertz CT molecular complexity index is 1330. The van der Waals surface area contributed by atoms with Gasteiger partial charge in [0.2, 0.25) is 5.91 Å². The smallest absolute Gasteiger partial charge is 0.220 e. The third kappa shape index (κ3) is 39.2. The van der Waals surface area contributed by atoms with E-state index in [-0.39, 0.29) is 12.5 Å². The number of ether oxygens (including phenoxy) is 2. The maximum atomic E-state index is 13.0. The molecule has 0 aromatic carbocycles. The topological polar surface area (TPSA) is 149 Å². The number of carbonyl (C=O) groups is 1. The molecule has 0 saturated carbocycles. The number of amides is 1. The van der Waals surface area contributed by atoms with E-state index in [1.807, 2.05) is 0 Å². The molecule has 0 aromatic rings. The zero-order chi connectivity index (χ0) is 50.8. The monoisotopic (exact) mass is 984 g/mol. The van der Waals surface area contributed by atoms with E-state index >= 15 is 0 Å². The van der Waals surface area contributed by atoms with Crippen LogP contribution in [0.15, 0.2) is 72.9 Å². The van der Waals surface area contributed by atoms with Crippen molar-refractivity contribution in [1.29, 1.82) is 0 Å². The van der Waals surface area contributed by atoms with Crippen LogP contribution in [0.4, 0.5) is 0 Å². The molecule has 6 N–H and O–H groups in total. The van der Waals surface area contributed by atoms with Gasteiger partial charge in [-0.3, -0.25) is 4.79 Å². The van der Waals surface area contributed by atoms with E-state index in [1.165, 1.54) is 148 Å². The van der Waals surface area contributed by atoms with Crippen LogP contribution in [-0.4, -0.2) is 87.5 Å². The fourth-order valence-corrected chi connectivity index (χ4v) is 8.99. The molecule has 406 valence electrons. The van der Waals surface area contributed by atoms with Gasteiger partial charge in [-0.15, -0.1) is 0 Å². The van der Waals surface area contributed by atoms with Crippen LogP contribution >= 0.6 is 0 Å². The van der Waals surface area contributed by atoms with Crippen molar-refractivity contribution in [3.05, 3.63) is 72.9 Å². The van der Waals surface area contributed by atoms with E-state index in [0.717, 1.165) is 77.0 Å². The van der Waals surface area contributed by atoms with Crippen LogP contribution in [0.3, 0.4) is 0 Å². The van der Waals surface area contributed by atoms with Crippen molar-refractivity contribution in [2.45, 2.75) is 294 Å². The molecule has 1 aliphatic rings. The maximum absolute atomic E-state index is 13.0. The largest absolute Gasteiger partial charge is 0.394 e. The van der Waals surface area contributed by atoms with Gasteiger partial charge in [0, 0.05) is 6.42 Å². The van der Waals surface area contributed by atoms with E-state index < -0.39 is 49.5 Å². The molecule has 9 nitrogen and oxygen atoms in total. The van der Waals surface area contributed by atoms with Crippen LogP contribution in [-0.2, 0) is 14.3 Å². The van der Waals surface area contributed by atoms with Crippen LogP contribution in [0.2, 0.25) is 0 Å². The Hall–Kier alpha value is -2.37. The van der Waals surface area contributed by atoms with Crippen molar-refractivity contribution in [2.75, 3.05) is 13.2 Å². The highest BCUT2D eigenvalue weighted by Gasteiger charge is 2.44. The first-order valence-corrected chi connectivity index (χ1v) is 29.1. The van der Waals surface area contributed by atoms with Crippen LogP contribution in [0.5, 0.6) is 0 Å². The van der Waals surface area contributed by atoms with Crippen LogP contribution in [0.1, 0.15) is 251 Å². The number of unbranched alkanes of at least 4 members (excludes halogenated alkanes) is 27. The minimum Gasteiger partial charge on any atom is -0.394 e. The summed E-state index contributed by atoms with van der Waals surface area (Å²) in [5.74, 6) is -0.145. The quantitative estimate of drug-likeness (QED) is 0.0261. The van der Waals surface area contributed by atoms with E-state index in [1.54, 1.807) is 0 Å². The third-order valence-corrected chi connectivity index (χ3v) is 13.6. The minimum absolute atomic E-state index is 0.138. The molecule has 1 aliphatic heterocycles. The molecule has 1 saturated heterocycles. The maximum Gasteiger partial charge on any atom is 0.220 e. The van der Waals surface area contributed by atoms with Crippen molar-refractivity contribution in [2.24, 2.45) is 0 Å². The normalized spacial score (nSPS) is 19.9. The van der Waals surface area contributed by atoms with Crippen LogP contribution in [0, 0.1) is 0 Å². The summed E-state index contributed by atoms with van der Waals surface area (Å²) in [6, 6.07) is -0.720. The zero-order valence-electron chi connectivity index (χ0n) is 45.0. The number of rotatable bonds is 49. The van der Waals surface area contributed by atoms with Crippen molar-refractivity contribution >= 4 is 5.91 Å². The van der Waals surface area contributed by atoms with Crippen molar-refractivity contribution in [1.82, 2.24) is 5.32 Å². The lowest BCUT2D eigenvalue weighted by Gasteiger charge is -2.40.